The molecule has 21 heavy (non-hydrogen) atoms. The summed E-state index contributed by atoms with van der Waals surface area (Å²) in [4.78, 5) is 0. The van der Waals surface area contributed by atoms with E-state index in [0.29, 0.717) is 42.6 Å². The standard InChI is InChI=1S/C15H22ClNO4/c1-10-15(18,4-5-21-10)9-17-8-11-6-12(16)14(20-3)13(7-11)19-2/h6-7,10,17-18H,4-5,8-9H2,1-3H3. The Kier molecular flexibility index (Phi) is 5.32. The van der Waals surface area contributed by atoms with Crippen LogP contribution in [-0.2, 0) is 11.3 Å². The van der Waals surface area contributed by atoms with Crippen molar-refractivity contribution in [3.05, 3.63) is 22.7 Å². The highest BCUT2D eigenvalue weighted by Gasteiger charge is 2.38. The first-order valence-corrected chi connectivity index (χ1v) is 7.33. The Morgan fingerprint density at radius 3 is 2.76 bits per heavy atom. The van der Waals surface area contributed by atoms with Crippen molar-refractivity contribution < 1.29 is 19.3 Å². The van der Waals surface area contributed by atoms with Crippen molar-refractivity contribution in [3.63, 3.8) is 0 Å². The third-order valence-electron chi connectivity index (χ3n) is 3.91. The van der Waals surface area contributed by atoms with E-state index in [4.69, 9.17) is 25.8 Å². The van der Waals surface area contributed by atoms with E-state index in [1.54, 1.807) is 14.2 Å². The van der Waals surface area contributed by atoms with Crippen LogP contribution in [-0.4, -0.2) is 44.2 Å². The van der Waals surface area contributed by atoms with Gasteiger partial charge < -0.3 is 24.6 Å². The Labute approximate surface area is 130 Å². The second-order valence-corrected chi connectivity index (χ2v) is 5.69. The minimum Gasteiger partial charge on any atom is -0.493 e. The predicted molar refractivity (Wildman–Crippen MR) is 81.2 cm³/mol. The molecule has 2 unspecified atom stereocenters. The normalized spacial score (nSPS) is 25.1. The van der Waals surface area contributed by atoms with Gasteiger partial charge in [-0.3, -0.25) is 0 Å². The van der Waals surface area contributed by atoms with Crippen LogP contribution < -0.4 is 14.8 Å². The van der Waals surface area contributed by atoms with Crippen LogP contribution in [0.1, 0.15) is 18.9 Å². The van der Waals surface area contributed by atoms with Crippen molar-refractivity contribution in [1.82, 2.24) is 5.32 Å². The lowest BCUT2D eigenvalue weighted by atomic mass is 9.96. The molecular weight excluding hydrogens is 294 g/mol. The van der Waals surface area contributed by atoms with Gasteiger partial charge in [-0.2, -0.15) is 0 Å². The lowest BCUT2D eigenvalue weighted by Crippen LogP contribution is -2.45. The van der Waals surface area contributed by atoms with E-state index in [1.165, 1.54) is 0 Å². The fourth-order valence-electron chi connectivity index (χ4n) is 2.50. The summed E-state index contributed by atoms with van der Waals surface area (Å²) in [5.74, 6) is 1.12. The highest BCUT2D eigenvalue weighted by Crippen LogP contribution is 2.36. The molecule has 1 saturated heterocycles. The van der Waals surface area contributed by atoms with Gasteiger partial charge in [-0.05, 0) is 24.6 Å². The van der Waals surface area contributed by atoms with Crippen molar-refractivity contribution >= 4 is 11.6 Å². The number of hydrogen-bond donors (Lipinski definition) is 2. The summed E-state index contributed by atoms with van der Waals surface area (Å²) in [6.45, 7) is 3.54. The molecule has 0 amide bonds. The zero-order valence-electron chi connectivity index (χ0n) is 12.6. The molecular formula is C15H22ClNO4. The lowest BCUT2D eigenvalue weighted by Gasteiger charge is -2.26. The fraction of sp³-hybridized carbons (Fsp3) is 0.600. The molecule has 1 aromatic carbocycles. The summed E-state index contributed by atoms with van der Waals surface area (Å²) in [7, 11) is 3.13. The smallest absolute Gasteiger partial charge is 0.179 e. The third-order valence-corrected chi connectivity index (χ3v) is 4.19. The first-order valence-electron chi connectivity index (χ1n) is 6.95. The SMILES string of the molecule is COc1cc(CNCC2(O)CCOC2C)cc(Cl)c1OC. The summed E-state index contributed by atoms with van der Waals surface area (Å²) in [5, 5.41) is 14.2. The predicted octanol–water partition coefficient (Wildman–Crippen LogP) is 1.99. The van der Waals surface area contributed by atoms with Gasteiger partial charge >= 0.3 is 0 Å². The maximum atomic E-state index is 10.4. The molecule has 2 N–H and O–H groups in total. The number of benzene rings is 1. The van der Waals surface area contributed by atoms with Crippen molar-refractivity contribution in [3.8, 4) is 11.5 Å². The van der Waals surface area contributed by atoms with Crippen LogP contribution in [0.2, 0.25) is 5.02 Å². The van der Waals surface area contributed by atoms with Crippen molar-refractivity contribution in [2.45, 2.75) is 31.6 Å². The molecule has 6 heteroatoms. The van der Waals surface area contributed by atoms with Crippen LogP contribution in [0, 0.1) is 0 Å². The quantitative estimate of drug-likeness (QED) is 0.840. The highest BCUT2D eigenvalue weighted by atomic mass is 35.5. The average molecular weight is 316 g/mol. The van der Waals surface area contributed by atoms with Gasteiger partial charge in [-0.15, -0.1) is 0 Å². The van der Waals surface area contributed by atoms with Crippen LogP contribution in [0.5, 0.6) is 11.5 Å². The maximum Gasteiger partial charge on any atom is 0.179 e. The molecule has 2 rings (SSSR count). The zero-order valence-corrected chi connectivity index (χ0v) is 13.4. The summed E-state index contributed by atoms with van der Waals surface area (Å²) in [5.41, 5.74) is 0.160. The van der Waals surface area contributed by atoms with Crippen molar-refractivity contribution in [2.75, 3.05) is 27.4 Å². The molecule has 0 spiro atoms. The molecule has 0 radical (unpaired) electrons. The average Bonchev–Trinajstić information content (AvgIpc) is 2.78. The van der Waals surface area contributed by atoms with E-state index in [1.807, 2.05) is 19.1 Å². The number of methoxy groups -OCH3 is 2. The van der Waals surface area contributed by atoms with Gasteiger partial charge in [0.05, 0.1) is 25.3 Å². The second kappa shape index (κ2) is 6.83. The van der Waals surface area contributed by atoms with Gasteiger partial charge in [0.2, 0.25) is 0 Å². The number of rotatable bonds is 6. The van der Waals surface area contributed by atoms with Gasteiger partial charge in [-0.25, -0.2) is 0 Å². The Bertz CT molecular complexity index is 497. The Morgan fingerprint density at radius 1 is 1.43 bits per heavy atom. The number of aliphatic hydroxyl groups is 1. The highest BCUT2D eigenvalue weighted by molar-refractivity contribution is 6.32. The minimum absolute atomic E-state index is 0.154. The Balaban J connectivity index is 1.99. The van der Waals surface area contributed by atoms with E-state index in [-0.39, 0.29) is 6.10 Å². The molecule has 118 valence electrons. The largest absolute Gasteiger partial charge is 0.493 e. The Morgan fingerprint density at radius 2 is 2.19 bits per heavy atom. The van der Waals surface area contributed by atoms with Crippen molar-refractivity contribution in [1.29, 1.82) is 0 Å². The topological polar surface area (TPSA) is 60.0 Å². The number of hydrogen-bond acceptors (Lipinski definition) is 5. The van der Waals surface area contributed by atoms with Crippen LogP contribution in [0.25, 0.3) is 0 Å². The van der Waals surface area contributed by atoms with Gasteiger partial charge in [-0.1, -0.05) is 11.6 Å². The van der Waals surface area contributed by atoms with Crippen molar-refractivity contribution in [2.24, 2.45) is 0 Å². The molecule has 0 aliphatic carbocycles. The van der Waals surface area contributed by atoms with Gasteiger partial charge in [0.1, 0.15) is 5.60 Å². The number of ether oxygens (including phenoxy) is 3. The molecule has 5 nitrogen and oxygen atoms in total. The summed E-state index contributed by atoms with van der Waals surface area (Å²) < 4.78 is 15.9. The van der Waals surface area contributed by atoms with Gasteiger partial charge in [0.15, 0.2) is 11.5 Å². The van der Waals surface area contributed by atoms with Crippen LogP contribution in [0.3, 0.4) is 0 Å². The molecule has 0 saturated carbocycles. The fourth-order valence-corrected chi connectivity index (χ4v) is 2.81. The third kappa shape index (κ3) is 3.61. The van der Waals surface area contributed by atoms with Gasteiger partial charge in [0, 0.05) is 26.1 Å². The van der Waals surface area contributed by atoms with Crippen LogP contribution >= 0.6 is 11.6 Å². The van der Waals surface area contributed by atoms with E-state index in [0.717, 1.165) is 5.56 Å². The molecule has 1 aromatic rings. The second-order valence-electron chi connectivity index (χ2n) is 5.28. The monoisotopic (exact) mass is 315 g/mol. The summed E-state index contributed by atoms with van der Waals surface area (Å²) >= 11 is 6.17. The number of halogens is 1. The first-order chi connectivity index (χ1) is 10.00. The molecule has 0 bridgehead atoms. The lowest BCUT2D eigenvalue weighted by molar-refractivity contribution is -0.0262. The summed E-state index contributed by atoms with van der Waals surface area (Å²) in [6, 6.07) is 3.70. The zero-order chi connectivity index (χ0) is 15.5. The molecule has 1 aliphatic rings. The van der Waals surface area contributed by atoms with E-state index < -0.39 is 5.60 Å². The summed E-state index contributed by atoms with van der Waals surface area (Å²) in [6.07, 6.45) is 0.493. The maximum absolute atomic E-state index is 10.4. The van der Waals surface area contributed by atoms with E-state index in [9.17, 15) is 5.11 Å². The van der Waals surface area contributed by atoms with Gasteiger partial charge in [0.25, 0.3) is 0 Å². The molecule has 2 atom stereocenters. The van der Waals surface area contributed by atoms with Crippen LogP contribution in [0.15, 0.2) is 12.1 Å². The Hall–Kier alpha value is -1.01. The molecule has 0 aromatic heterocycles. The minimum atomic E-state index is -0.805. The molecule has 1 fully saturated rings. The molecule has 1 heterocycles. The first kappa shape index (κ1) is 16.4. The van der Waals surface area contributed by atoms with Crippen LogP contribution in [0.4, 0.5) is 0 Å². The van der Waals surface area contributed by atoms with E-state index in [2.05, 4.69) is 5.32 Å². The van der Waals surface area contributed by atoms with E-state index >= 15 is 0 Å². The number of nitrogens with one attached hydrogen (secondary N) is 1. The molecule has 1 aliphatic heterocycles.